The molecule has 0 aliphatic heterocycles. The number of hydrogen-bond acceptors (Lipinski definition) is 2. The summed E-state index contributed by atoms with van der Waals surface area (Å²) in [6, 6.07) is 9.88. The molecule has 0 aliphatic rings. The summed E-state index contributed by atoms with van der Waals surface area (Å²) < 4.78 is 12.5. The van der Waals surface area contributed by atoms with E-state index in [1.165, 1.54) is 0 Å². The van der Waals surface area contributed by atoms with E-state index in [2.05, 4.69) is 0 Å². The first-order valence-corrected chi connectivity index (χ1v) is 4.76. The molecule has 0 saturated carbocycles. The highest BCUT2D eigenvalue weighted by molar-refractivity contribution is 5.91. The number of benzene rings is 2. The minimum Gasteiger partial charge on any atom is -0.507 e. The molecule has 0 radical (unpaired) electrons. The quantitative estimate of drug-likeness (QED) is 0.849. The van der Waals surface area contributed by atoms with Gasteiger partial charge in [-0.1, -0.05) is 30.3 Å². The first-order valence-electron chi connectivity index (χ1n) is 4.76. The minimum atomic E-state index is -0.629. The maximum atomic E-state index is 12.5. The molecule has 0 aliphatic carbocycles. The van der Waals surface area contributed by atoms with Crippen LogP contribution in [0.5, 0.6) is 5.75 Å². The highest BCUT2D eigenvalue weighted by Gasteiger charge is 2.10. The van der Waals surface area contributed by atoms with E-state index in [1.807, 2.05) is 18.2 Å². The molecule has 2 aromatic carbocycles. The highest BCUT2D eigenvalue weighted by Crippen LogP contribution is 2.30. The van der Waals surface area contributed by atoms with Crippen LogP contribution in [0.3, 0.4) is 0 Å². The zero-order chi connectivity index (χ0) is 10.8. The molecule has 0 unspecified atom stereocenters. The van der Waals surface area contributed by atoms with E-state index in [4.69, 9.17) is 5.73 Å². The van der Waals surface area contributed by atoms with Crippen molar-refractivity contribution in [2.24, 2.45) is 5.73 Å². The van der Waals surface area contributed by atoms with Crippen LogP contribution in [-0.4, -0.2) is 11.8 Å². The molecule has 4 heteroatoms. The van der Waals surface area contributed by atoms with Gasteiger partial charge in [0.25, 0.3) is 0 Å². The van der Waals surface area contributed by atoms with E-state index < -0.39 is 12.7 Å². The number of rotatable bonds is 2. The Balaban J connectivity index is 0.00000128. The van der Waals surface area contributed by atoms with Crippen LogP contribution in [0.15, 0.2) is 36.4 Å². The molecule has 0 aromatic heterocycles. The summed E-state index contributed by atoms with van der Waals surface area (Å²) in [6.45, 7) is -0.602. The summed E-state index contributed by atoms with van der Waals surface area (Å²) >= 11 is 0. The zero-order valence-electron chi connectivity index (χ0n) is 8.56. The third-order valence-corrected chi connectivity index (χ3v) is 2.50. The van der Waals surface area contributed by atoms with Crippen molar-refractivity contribution in [2.45, 2.75) is 6.04 Å². The van der Waals surface area contributed by atoms with Crippen LogP contribution >= 0.6 is 12.4 Å². The second-order valence-electron chi connectivity index (χ2n) is 3.48. The molecule has 0 bridgehead atoms. The molecule has 0 heterocycles. The Kier molecular flexibility index (Phi) is 4.10. The normalized spacial score (nSPS) is 12.1. The lowest BCUT2D eigenvalue weighted by atomic mass is 9.99. The zero-order valence-corrected chi connectivity index (χ0v) is 9.38. The number of fused-ring (bicyclic) bond motifs is 1. The Morgan fingerprint density at radius 2 is 1.75 bits per heavy atom. The van der Waals surface area contributed by atoms with Crippen molar-refractivity contribution >= 4 is 23.2 Å². The van der Waals surface area contributed by atoms with E-state index in [0.717, 1.165) is 10.9 Å². The van der Waals surface area contributed by atoms with Crippen LogP contribution < -0.4 is 5.73 Å². The van der Waals surface area contributed by atoms with E-state index in [9.17, 15) is 9.50 Å². The molecule has 0 saturated heterocycles. The molecule has 2 aromatic rings. The molecule has 0 fully saturated rings. The fourth-order valence-electron chi connectivity index (χ4n) is 1.71. The number of nitrogens with two attached hydrogens (primary N) is 1. The number of phenols is 1. The molecule has 16 heavy (non-hydrogen) atoms. The van der Waals surface area contributed by atoms with Crippen LogP contribution in [-0.2, 0) is 0 Å². The van der Waals surface area contributed by atoms with Gasteiger partial charge >= 0.3 is 0 Å². The van der Waals surface area contributed by atoms with Crippen molar-refractivity contribution in [3.05, 3.63) is 42.0 Å². The minimum absolute atomic E-state index is 0. The van der Waals surface area contributed by atoms with Crippen LogP contribution in [0.4, 0.5) is 4.39 Å². The average Bonchev–Trinajstić information content (AvgIpc) is 2.29. The molecule has 1 atom stereocenters. The van der Waals surface area contributed by atoms with Crippen LogP contribution in [0, 0.1) is 0 Å². The number of aromatic hydroxyl groups is 1. The summed E-state index contributed by atoms with van der Waals surface area (Å²) in [4.78, 5) is 0. The monoisotopic (exact) mass is 241 g/mol. The molecule has 0 amide bonds. The van der Waals surface area contributed by atoms with Crippen LogP contribution in [0.25, 0.3) is 10.8 Å². The first kappa shape index (κ1) is 12.7. The molecule has 2 nitrogen and oxygen atoms in total. The van der Waals surface area contributed by atoms with Gasteiger partial charge in [0.2, 0.25) is 0 Å². The van der Waals surface area contributed by atoms with Crippen molar-refractivity contribution in [3.63, 3.8) is 0 Å². The smallest absolute Gasteiger partial charge is 0.123 e. The maximum Gasteiger partial charge on any atom is 0.123 e. The van der Waals surface area contributed by atoms with E-state index in [0.29, 0.717) is 5.39 Å². The first-order chi connectivity index (χ1) is 7.24. The average molecular weight is 242 g/mol. The van der Waals surface area contributed by atoms with Gasteiger partial charge < -0.3 is 10.8 Å². The third-order valence-electron chi connectivity index (χ3n) is 2.50. The fraction of sp³-hybridized carbons (Fsp3) is 0.167. The van der Waals surface area contributed by atoms with Crippen LogP contribution in [0.2, 0.25) is 0 Å². The molecular formula is C12H13ClFNO. The molecule has 0 spiro atoms. The van der Waals surface area contributed by atoms with E-state index in [1.54, 1.807) is 18.2 Å². The van der Waals surface area contributed by atoms with Gasteiger partial charge in [0.15, 0.2) is 0 Å². The fourth-order valence-corrected chi connectivity index (χ4v) is 1.71. The standard InChI is InChI=1S/C12H12FNO.ClH/c13-7-11(14)9-5-6-12(15)10-4-2-1-3-8(9)10;/h1-6,11,15H,7,14H2;1H/t11-;/m1./s1. The lowest BCUT2D eigenvalue weighted by molar-refractivity contribution is 0.438. The summed E-state index contributed by atoms with van der Waals surface area (Å²) in [7, 11) is 0. The predicted molar refractivity (Wildman–Crippen MR) is 65.8 cm³/mol. The van der Waals surface area contributed by atoms with Gasteiger partial charge in [-0.3, -0.25) is 0 Å². The van der Waals surface area contributed by atoms with Gasteiger partial charge in [-0.25, -0.2) is 4.39 Å². The summed E-state index contributed by atoms with van der Waals surface area (Å²) in [5, 5.41) is 11.1. The van der Waals surface area contributed by atoms with Crippen molar-refractivity contribution in [1.29, 1.82) is 0 Å². The molecule has 86 valence electrons. The van der Waals surface area contributed by atoms with E-state index >= 15 is 0 Å². The SMILES string of the molecule is Cl.N[C@H](CF)c1ccc(O)c2ccccc12. The topological polar surface area (TPSA) is 46.2 Å². The Labute approximate surface area is 99.3 Å². The molecule has 3 N–H and O–H groups in total. The number of phenolic OH excluding ortho intramolecular Hbond substituents is 1. The second-order valence-corrected chi connectivity index (χ2v) is 3.48. The summed E-state index contributed by atoms with van der Waals surface area (Å²) in [6.07, 6.45) is 0. The number of alkyl halides is 1. The van der Waals surface area contributed by atoms with Gasteiger partial charge in [-0.2, -0.15) is 0 Å². The maximum absolute atomic E-state index is 12.5. The van der Waals surface area contributed by atoms with E-state index in [-0.39, 0.29) is 18.2 Å². The second kappa shape index (κ2) is 5.14. The lowest BCUT2D eigenvalue weighted by Gasteiger charge is -2.11. The van der Waals surface area contributed by atoms with Crippen molar-refractivity contribution in [2.75, 3.05) is 6.67 Å². The highest BCUT2D eigenvalue weighted by atomic mass is 35.5. The van der Waals surface area contributed by atoms with Gasteiger partial charge in [0, 0.05) is 5.39 Å². The van der Waals surface area contributed by atoms with Gasteiger partial charge in [-0.05, 0) is 17.0 Å². The van der Waals surface area contributed by atoms with Crippen molar-refractivity contribution in [3.8, 4) is 5.75 Å². The molecular weight excluding hydrogens is 229 g/mol. The van der Waals surface area contributed by atoms with Crippen molar-refractivity contribution < 1.29 is 9.50 Å². The third kappa shape index (κ3) is 2.10. The number of hydrogen-bond donors (Lipinski definition) is 2. The Hall–Kier alpha value is -1.32. The predicted octanol–water partition coefficient (Wildman–Crippen LogP) is 2.94. The Bertz CT molecular complexity index is 489. The number of halogens is 2. The summed E-state index contributed by atoms with van der Waals surface area (Å²) in [5.74, 6) is 0.195. The summed E-state index contributed by atoms with van der Waals surface area (Å²) in [5.41, 5.74) is 6.38. The van der Waals surface area contributed by atoms with Gasteiger partial charge in [-0.15, -0.1) is 12.4 Å². The van der Waals surface area contributed by atoms with Gasteiger partial charge in [0.05, 0.1) is 6.04 Å². The van der Waals surface area contributed by atoms with Crippen LogP contribution in [0.1, 0.15) is 11.6 Å². The largest absolute Gasteiger partial charge is 0.507 e. The van der Waals surface area contributed by atoms with Crippen molar-refractivity contribution in [1.82, 2.24) is 0 Å². The Morgan fingerprint density at radius 1 is 1.12 bits per heavy atom. The molecule has 2 rings (SSSR count). The Morgan fingerprint density at radius 3 is 2.38 bits per heavy atom. The van der Waals surface area contributed by atoms with Gasteiger partial charge in [0.1, 0.15) is 12.4 Å². The lowest BCUT2D eigenvalue weighted by Crippen LogP contribution is -2.12.